The molecule has 1 aromatic carbocycles. The molecule has 1 saturated heterocycles. The lowest BCUT2D eigenvalue weighted by molar-refractivity contribution is 0.0963. The van der Waals surface area contributed by atoms with Gasteiger partial charge in [0.25, 0.3) is 5.91 Å². The van der Waals surface area contributed by atoms with Crippen molar-refractivity contribution in [1.29, 1.82) is 0 Å². The molecule has 2 rings (SSSR count). The van der Waals surface area contributed by atoms with Crippen molar-refractivity contribution < 1.29 is 9.59 Å². The van der Waals surface area contributed by atoms with Crippen LogP contribution in [0.4, 0.5) is 10.5 Å². The summed E-state index contributed by atoms with van der Waals surface area (Å²) < 4.78 is 0. The van der Waals surface area contributed by atoms with Crippen molar-refractivity contribution >= 4 is 17.6 Å². The summed E-state index contributed by atoms with van der Waals surface area (Å²) in [5.41, 5.74) is 2.19. The van der Waals surface area contributed by atoms with Crippen LogP contribution in [0.3, 0.4) is 0 Å². The molecule has 0 aliphatic carbocycles. The number of carbonyl (C=O) groups is 2. The van der Waals surface area contributed by atoms with Crippen molar-refractivity contribution in [2.45, 2.75) is 52.1 Å². The van der Waals surface area contributed by atoms with Crippen LogP contribution in [0.1, 0.15) is 49.0 Å². The number of hydrogen-bond donors (Lipinski definition) is 2. The van der Waals surface area contributed by atoms with E-state index >= 15 is 0 Å². The summed E-state index contributed by atoms with van der Waals surface area (Å²) in [6.45, 7) is 6.12. The van der Waals surface area contributed by atoms with Crippen LogP contribution in [0, 0.1) is 6.92 Å². The Kier molecular flexibility index (Phi) is 5.06. The SMILES string of the molecule is CC[C@H]1CC[C@H](C)N1C(=O)Nc1cc(C(=O)NC)ccc1C. The lowest BCUT2D eigenvalue weighted by Gasteiger charge is -2.28. The quantitative estimate of drug-likeness (QED) is 0.901. The van der Waals surface area contributed by atoms with Crippen molar-refractivity contribution in [1.82, 2.24) is 10.2 Å². The van der Waals surface area contributed by atoms with Crippen LogP contribution in [0.5, 0.6) is 0 Å². The summed E-state index contributed by atoms with van der Waals surface area (Å²) in [6, 6.07) is 5.83. The molecule has 0 unspecified atom stereocenters. The number of rotatable bonds is 3. The Morgan fingerprint density at radius 1 is 1.32 bits per heavy atom. The second-order valence-corrected chi connectivity index (χ2v) is 5.93. The number of aryl methyl sites for hydroxylation is 1. The molecule has 0 bridgehead atoms. The minimum absolute atomic E-state index is 0.0750. The van der Waals surface area contributed by atoms with Gasteiger partial charge in [0.2, 0.25) is 0 Å². The van der Waals surface area contributed by atoms with Gasteiger partial charge in [0.15, 0.2) is 0 Å². The number of urea groups is 1. The molecular weight excluding hydrogens is 278 g/mol. The predicted molar refractivity (Wildman–Crippen MR) is 88.2 cm³/mol. The monoisotopic (exact) mass is 303 g/mol. The fourth-order valence-corrected chi connectivity index (χ4v) is 3.06. The Labute approximate surface area is 132 Å². The largest absolute Gasteiger partial charge is 0.355 e. The summed E-state index contributed by atoms with van der Waals surface area (Å²) in [5, 5.41) is 5.57. The Bertz CT molecular complexity index is 571. The van der Waals surface area contributed by atoms with Gasteiger partial charge in [-0.3, -0.25) is 4.79 Å². The highest BCUT2D eigenvalue weighted by Gasteiger charge is 2.33. The first kappa shape index (κ1) is 16.3. The van der Waals surface area contributed by atoms with Gasteiger partial charge in [-0.1, -0.05) is 13.0 Å². The van der Waals surface area contributed by atoms with Crippen molar-refractivity contribution in [3.05, 3.63) is 29.3 Å². The molecule has 120 valence electrons. The smallest absolute Gasteiger partial charge is 0.322 e. The average Bonchev–Trinajstić information content (AvgIpc) is 2.89. The van der Waals surface area contributed by atoms with Crippen LogP contribution in [0.2, 0.25) is 0 Å². The van der Waals surface area contributed by atoms with E-state index in [0.717, 1.165) is 24.8 Å². The molecule has 22 heavy (non-hydrogen) atoms. The molecule has 5 nitrogen and oxygen atoms in total. The minimum atomic E-state index is -0.156. The standard InChI is InChI=1S/C17H25N3O2/c1-5-14-9-7-12(3)20(14)17(22)19-15-10-13(16(21)18-4)8-6-11(15)2/h6,8,10,12,14H,5,7,9H2,1-4H3,(H,18,21)(H,19,22)/t12-,14-/m0/s1. The van der Waals surface area contributed by atoms with Gasteiger partial charge < -0.3 is 15.5 Å². The Morgan fingerprint density at radius 2 is 2.05 bits per heavy atom. The third-order valence-electron chi connectivity index (χ3n) is 4.46. The van der Waals surface area contributed by atoms with Crippen LogP contribution in [0.25, 0.3) is 0 Å². The first-order valence-electron chi connectivity index (χ1n) is 7.90. The Morgan fingerprint density at radius 3 is 2.68 bits per heavy atom. The van der Waals surface area contributed by atoms with Crippen molar-refractivity contribution in [3.8, 4) is 0 Å². The van der Waals surface area contributed by atoms with Crippen LogP contribution in [-0.4, -0.2) is 36.0 Å². The highest BCUT2D eigenvalue weighted by molar-refractivity contribution is 5.97. The number of anilines is 1. The molecule has 0 spiro atoms. The molecule has 2 N–H and O–H groups in total. The van der Waals surface area contributed by atoms with Gasteiger partial charge in [-0.2, -0.15) is 0 Å². The maximum absolute atomic E-state index is 12.6. The van der Waals surface area contributed by atoms with Crippen LogP contribution in [-0.2, 0) is 0 Å². The van der Waals surface area contributed by atoms with Crippen LogP contribution < -0.4 is 10.6 Å². The van der Waals surface area contributed by atoms with E-state index < -0.39 is 0 Å². The summed E-state index contributed by atoms with van der Waals surface area (Å²) >= 11 is 0. The third-order valence-corrected chi connectivity index (χ3v) is 4.46. The van der Waals surface area contributed by atoms with Gasteiger partial charge in [-0.05, 0) is 50.8 Å². The number of nitrogens with zero attached hydrogens (tertiary/aromatic N) is 1. The number of amides is 3. The number of hydrogen-bond acceptors (Lipinski definition) is 2. The number of benzene rings is 1. The van der Waals surface area contributed by atoms with Gasteiger partial charge in [-0.15, -0.1) is 0 Å². The molecule has 2 atom stereocenters. The molecule has 1 aliphatic heterocycles. The van der Waals surface area contributed by atoms with Gasteiger partial charge in [0, 0.05) is 30.4 Å². The summed E-state index contributed by atoms with van der Waals surface area (Å²) in [5.74, 6) is -0.156. The minimum Gasteiger partial charge on any atom is -0.355 e. The highest BCUT2D eigenvalue weighted by Crippen LogP contribution is 2.27. The van der Waals surface area contributed by atoms with Crippen molar-refractivity contribution in [2.75, 3.05) is 12.4 Å². The zero-order valence-electron chi connectivity index (χ0n) is 13.8. The first-order valence-corrected chi connectivity index (χ1v) is 7.90. The number of likely N-dealkylation sites (tertiary alicyclic amines) is 1. The van der Waals surface area contributed by atoms with Gasteiger partial charge >= 0.3 is 6.03 Å². The van der Waals surface area contributed by atoms with E-state index in [1.54, 1.807) is 19.2 Å². The highest BCUT2D eigenvalue weighted by atomic mass is 16.2. The third kappa shape index (κ3) is 3.24. The van der Waals surface area contributed by atoms with Crippen LogP contribution in [0.15, 0.2) is 18.2 Å². The van der Waals surface area contributed by atoms with Crippen LogP contribution >= 0.6 is 0 Å². The average molecular weight is 303 g/mol. The normalized spacial score (nSPS) is 20.8. The van der Waals surface area contributed by atoms with E-state index in [2.05, 4.69) is 24.5 Å². The molecule has 0 saturated carbocycles. The molecule has 3 amide bonds. The second-order valence-electron chi connectivity index (χ2n) is 5.93. The number of carbonyl (C=O) groups excluding carboxylic acids is 2. The topological polar surface area (TPSA) is 61.4 Å². The van der Waals surface area contributed by atoms with E-state index in [1.165, 1.54) is 0 Å². The van der Waals surface area contributed by atoms with E-state index in [4.69, 9.17) is 0 Å². The molecule has 0 aromatic heterocycles. The Balaban J connectivity index is 2.19. The summed E-state index contributed by atoms with van der Waals surface area (Å²) in [6.07, 6.45) is 3.07. The maximum Gasteiger partial charge on any atom is 0.322 e. The maximum atomic E-state index is 12.6. The molecule has 1 aromatic rings. The fraction of sp³-hybridized carbons (Fsp3) is 0.529. The van der Waals surface area contributed by atoms with Gasteiger partial charge in [0.1, 0.15) is 0 Å². The lowest BCUT2D eigenvalue weighted by atomic mass is 10.1. The van der Waals surface area contributed by atoms with E-state index in [1.807, 2.05) is 17.9 Å². The molecule has 0 radical (unpaired) electrons. The van der Waals surface area contributed by atoms with E-state index in [0.29, 0.717) is 17.3 Å². The van der Waals surface area contributed by atoms with E-state index in [9.17, 15) is 9.59 Å². The van der Waals surface area contributed by atoms with Gasteiger partial charge in [-0.25, -0.2) is 4.79 Å². The molecule has 5 heteroatoms. The molecule has 1 heterocycles. The fourth-order valence-electron chi connectivity index (χ4n) is 3.06. The van der Waals surface area contributed by atoms with Gasteiger partial charge in [0.05, 0.1) is 0 Å². The molecule has 1 fully saturated rings. The lowest BCUT2D eigenvalue weighted by Crippen LogP contribution is -2.42. The summed E-state index contributed by atoms with van der Waals surface area (Å²) in [7, 11) is 1.60. The number of nitrogens with one attached hydrogen (secondary N) is 2. The van der Waals surface area contributed by atoms with Crippen molar-refractivity contribution in [3.63, 3.8) is 0 Å². The van der Waals surface area contributed by atoms with E-state index in [-0.39, 0.29) is 18.0 Å². The van der Waals surface area contributed by atoms with Crippen molar-refractivity contribution in [2.24, 2.45) is 0 Å². The zero-order valence-corrected chi connectivity index (χ0v) is 13.8. The molecule has 1 aliphatic rings. The second kappa shape index (κ2) is 6.81. The Hall–Kier alpha value is -2.04. The summed E-state index contributed by atoms with van der Waals surface area (Å²) in [4.78, 5) is 26.3. The molecular formula is C17H25N3O2. The zero-order chi connectivity index (χ0) is 16.3. The first-order chi connectivity index (χ1) is 10.5. The predicted octanol–water partition coefficient (Wildman–Crippen LogP) is 3.15.